The molecule has 0 amide bonds. The molecular formula is C12H24N2. The summed E-state index contributed by atoms with van der Waals surface area (Å²) >= 11 is 0. The molecule has 1 rings (SSSR count). The molecule has 0 bridgehead atoms. The van der Waals surface area contributed by atoms with Crippen LogP contribution in [0.2, 0.25) is 0 Å². The Labute approximate surface area is 88.2 Å². The van der Waals surface area contributed by atoms with Gasteiger partial charge in [0.2, 0.25) is 0 Å². The smallest absolute Gasteiger partial charge is 0.0963 e. The zero-order valence-corrected chi connectivity index (χ0v) is 9.68. The van der Waals surface area contributed by atoms with E-state index in [0.29, 0.717) is 0 Å². The van der Waals surface area contributed by atoms with Crippen LogP contribution in [-0.4, -0.2) is 18.9 Å². The molecule has 0 aliphatic carbocycles. The fourth-order valence-corrected chi connectivity index (χ4v) is 1.75. The van der Waals surface area contributed by atoms with Crippen molar-refractivity contribution < 1.29 is 0 Å². The Balaban J connectivity index is 1.95. The number of amidine groups is 1. The number of rotatable bonds is 5. The molecule has 1 aliphatic heterocycles. The van der Waals surface area contributed by atoms with E-state index in [-0.39, 0.29) is 0 Å². The molecule has 0 atom stereocenters. The average molecular weight is 196 g/mol. The second kappa shape index (κ2) is 6.86. The minimum absolute atomic E-state index is 0.849. The van der Waals surface area contributed by atoms with Gasteiger partial charge in [0.05, 0.1) is 5.84 Å². The molecule has 0 saturated carbocycles. The number of aliphatic imine (C=N–C) groups is 1. The lowest BCUT2D eigenvalue weighted by Crippen LogP contribution is -2.26. The highest BCUT2D eigenvalue weighted by Gasteiger charge is 2.03. The Morgan fingerprint density at radius 2 is 2.14 bits per heavy atom. The maximum atomic E-state index is 4.47. The van der Waals surface area contributed by atoms with Crippen LogP contribution < -0.4 is 5.32 Å². The quantitative estimate of drug-likeness (QED) is 0.672. The minimum atomic E-state index is 0.849. The second-order valence-electron chi connectivity index (χ2n) is 4.60. The van der Waals surface area contributed by atoms with Crippen LogP contribution in [-0.2, 0) is 0 Å². The van der Waals surface area contributed by atoms with Gasteiger partial charge in [-0.1, -0.05) is 26.7 Å². The summed E-state index contributed by atoms with van der Waals surface area (Å²) in [7, 11) is 0. The van der Waals surface area contributed by atoms with Crippen LogP contribution in [0.1, 0.15) is 52.4 Å². The molecule has 0 aromatic rings. The van der Waals surface area contributed by atoms with Gasteiger partial charge in [-0.2, -0.15) is 0 Å². The largest absolute Gasteiger partial charge is 0.374 e. The Hall–Kier alpha value is -0.530. The molecule has 0 aromatic heterocycles. The van der Waals surface area contributed by atoms with Crippen LogP contribution in [0.25, 0.3) is 0 Å². The van der Waals surface area contributed by atoms with Crippen molar-refractivity contribution in [3.05, 3.63) is 0 Å². The lowest BCUT2D eigenvalue weighted by molar-refractivity contribution is 0.534. The van der Waals surface area contributed by atoms with Gasteiger partial charge in [0.25, 0.3) is 0 Å². The average Bonchev–Trinajstić information content (AvgIpc) is 2.18. The van der Waals surface area contributed by atoms with Gasteiger partial charge in [0, 0.05) is 19.5 Å². The van der Waals surface area contributed by atoms with Crippen molar-refractivity contribution in [2.24, 2.45) is 10.9 Å². The van der Waals surface area contributed by atoms with Crippen LogP contribution in [0, 0.1) is 5.92 Å². The molecule has 2 nitrogen and oxygen atoms in total. The van der Waals surface area contributed by atoms with Crippen LogP contribution in [0.4, 0.5) is 0 Å². The van der Waals surface area contributed by atoms with Gasteiger partial charge in [-0.3, -0.25) is 4.99 Å². The van der Waals surface area contributed by atoms with E-state index in [2.05, 4.69) is 24.2 Å². The number of unbranched alkanes of at least 4 members (excludes halogenated alkanes) is 1. The molecule has 0 aromatic carbocycles. The van der Waals surface area contributed by atoms with E-state index in [1.54, 1.807) is 0 Å². The topological polar surface area (TPSA) is 24.4 Å². The monoisotopic (exact) mass is 196 g/mol. The van der Waals surface area contributed by atoms with Crippen molar-refractivity contribution in [3.8, 4) is 0 Å². The van der Waals surface area contributed by atoms with Crippen LogP contribution in [0.3, 0.4) is 0 Å². The molecule has 1 N–H and O–H groups in total. The number of nitrogens with one attached hydrogen (secondary N) is 1. The molecule has 0 spiro atoms. The van der Waals surface area contributed by atoms with Crippen molar-refractivity contribution in [3.63, 3.8) is 0 Å². The third kappa shape index (κ3) is 5.25. The molecule has 2 heteroatoms. The van der Waals surface area contributed by atoms with Gasteiger partial charge < -0.3 is 5.32 Å². The first kappa shape index (κ1) is 11.5. The maximum absolute atomic E-state index is 4.47. The summed E-state index contributed by atoms with van der Waals surface area (Å²) in [6.07, 6.45) is 7.75. The highest BCUT2D eigenvalue weighted by Crippen LogP contribution is 2.06. The predicted octanol–water partition coefficient (Wildman–Crippen LogP) is 2.98. The fraction of sp³-hybridized carbons (Fsp3) is 0.917. The van der Waals surface area contributed by atoms with E-state index < -0.39 is 0 Å². The van der Waals surface area contributed by atoms with Crippen molar-refractivity contribution >= 4 is 5.84 Å². The summed E-state index contributed by atoms with van der Waals surface area (Å²) in [4.78, 5) is 4.47. The summed E-state index contributed by atoms with van der Waals surface area (Å²) in [6, 6.07) is 0. The molecule has 0 fully saturated rings. The first-order chi connectivity index (χ1) is 6.79. The van der Waals surface area contributed by atoms with Gasteiger partial charge >= 0.3 is 0 Å². The van der Waals surface area contributed by atoms with Gasteiger partial charge in [-0.25, -0.2) is 0 Å². The van der Waals surface area contributed by atoms with Gasteiger partial charge in [0.1, 0.15) is 0 Å². The Bertz CT molecular complexity index is 173. The second-order valence-corrected chi connectivity index (χ2v) is 4.60. The van der Waals surface area contributed by atoms with Crippen LogP contribution >= 0.6 is 0 Å². The highest BCUT2D eigenvalue weighted by atomic mass is 15.0. The molecule has 0 radical (unpaired) electrons. The minimum Gasteiger partial charge on any atom is -0.374 e. The van der Waals surface area contributed by atoms with E-state index in [0.717, 1.165) is 19.0 Å². The van der Waals surface area contributed by atoms with Crippen molar-refractivity contribution in [2.75, 3.05) is 13.1 Å². The van der Waals surface area contributed by atoms with Crippen LogP contribution in [0.15, 0.2) is 4.99 Å². The number of hydrogen-bond donors (Lipinski definition) is 1. The zero-order valence-electron chi connectivity index (χ0n) is 9.68. The summed E-state index contributed by atoms with van der Waals surface area (Å²) in [5.74, 6) is 2.10. The van der Waals surface area contributed by atoms with E-state index in [9.17, 15) is 0 Å². The fourth-order valence-electron chi connectivity index (χ4n) is 1.75. The predicted molar refractivity (Wildman–Crippen MR) is 62.8 cm³/mol. The van der Waals surface area contributed by atoms with Gasteiger partial charge in [-0.15, -0.1) is 0 Å². The summed E-state index contributed by atoms with van der Waals surface area (Å²) in [5.41, 5.74) is 0. The van der Waals surface area contributed by atoms with Gasteiger partial charge in [0.15, 0.2) is 0 Å². The van der Waals surface area contributed by atoms with Crippen molar-refractivity contribution in [1.29, 1.82) is 0 Å². The lowest BCUT2D eigenvalue weighted by Gasteiger charge is -2.13. The van der Waals surface area contributed by atoms with Crippen molar-refractivity contribution in [1.82, 2.24) is 5.32 Å². The van der Waals surface area contributed by atoms with E-state index in [1.807, 2.05) is 0 Å². The summed E-state index contributed by atoms with van der Waals surface area (Å²) in [5, 5.41) is 3.45. The lowest BCUT2D eigenvalue weighted by atomic mass is 10.1. The van der Waals surface area contributed by atoms with E-state index in [4.69, 9.17) is 0 Å². The Morgan fingerprint density at radius 3 is 2.79 bits per heavy atom. The zero-order chi connectivity index (χ0) is 10.2. The third-order valence-corrected chi connectivity index (χ3v) is 2.66. The van der Waals surface area contributed by atoms with E-state index >= 15 is 0 Å². The van der Waals surface area contributed by atoms with Gasteiger partial charge in [-0.05, 0) is 25.2 Å². The first-order valence-electron chi connectivity index (χ1n) is 6.06. The third-order valence-electron chi connectivity index (χ3n) is 2.66. The Morgan fingerprint density at radius 1 is 1.29 bits per heavy atom. The first-order valence-corrected chi connectivity index (χ1v) is 6.06. The number of hydrogen-bond acceptors (Lipinski definition) is 2. The molecule has 1 heterocycles. The summed E-state index contributed by atoms with van der Waals surface area (Å²) < 4.78 is 0. The molecule has 14 heavy (non-hydrogen) atoms. The molecule has 0 saturated heterocycles. The standard InChI is InChI=1S/C12H24N2/c1-11(2)7-3-5-9-13-12-8-4-6-10-14-12/h11H,3-10H2,1-2H3,(H,13,14). The maximum Gasteiger partial charge on any atom is 0.0963 e. The highest BCUT2D eigenvalue weighted by molar-refractivity contribution is 5.82. The summed E-state index contributed by atoms with van der Waals surface area (Å²) in [6.45, 7) is 6.73. The normalized spacial score (nSPS) is 16.9. The molecular weight excluding hydrogens is 172 g/mol. The number of nitrogens with zero attached hydrogens (tertiary/aromatic N) is 1. The molecule has 82 valence electrons. The molecule has 1 aliphatic rings. The van der Waals surface area contributed by atoms with Crippen LogP contribution in [0.5, 0.6) is 0 Å². The van der Waals surface area contributed by atoms with Crippen molar-refractivity contribution in [2.45, 2.75) is 52.4 Å². The SMILES string of the molecule is CC(C)CCCCNC1=NCCCC1. The molecule has 0 unspecified atom stereocenters. The van der Waals surface area contributed by atoms with E-state index in [1.165, 1.54) is 44.4 Å². The Kier molecular flexibility index (Phi) is 5.65.